The first-order valence-corrected chi connectivity index (χ1v) is 8.42. The highest BCUT2D eigenvalue weighted by Crippen LogP contribution is 2.12. The summed E-state index contributed by atoms with van der Waals surface area (Å²) in [6.45, 7) is 0.420. The molecule has 0 spiro atoms. The van der Waals surface area contributed by atoms with Crippen LogP contribution in [0.2, 0.25) is 0 Å². The zero-order valence-electron chi connectivity index (χ0n) is 10.5. The van der Waals surface area contributed by atoms with E-state index >= 15 is 0 Å². The van der Waals surface area contributed by atoms with E-state index in [-0.39, 0.29) is 0 Å². The lowest BCUT2D eigenvalue weighted by Crippen LogP contribution is -1.77. The topological polar surface area (TPSA) is 48.8 Å². The standard InChI is InChI=1S/C7H6Br2.C7H6BrN3/c8-5-6-1-3-7(9)4-2-6;8-7-3-1-6(2-4-7)5-10-11-9/h1-4H,5H2;1-4H,5H2. The molecule has 3 nitrogen and oxygen atoms in total. The molecule has 2 rings (SSSR count). The normalized spacial score (nSPS) is 9.15. The van der Waals surface area contributed by atoms with Crippen LogP contribution < -0.4 is 0 Å². The summed E-state index contributed by atoms with van der Waals surface area (Å²) >= 11 is 10.0. The Morgan fingerprint density at radius 3 is 1.70 bits per heavy atom. The van der Waals surface area contributed by atoms with Gasteiger partial charge < -0.3 is 0 Å². The first kappa shape index (κ1) is 17.2. The van der Waals surface area contributed by atoms with Gasteiger partial charge in [0, 0.05) is 19.2 Å². The zero-order chi connectivity index (χ0) is 14.8. The second-order valence-electron chi connectivity index (χ2n) is 3.78. The van der Waals surface area contributed by atoms with E-state index in [0.717, 1.165) is 19.8 Å². The predicted molar refractivity (Wildman–Crippen MR) is 93.8 cm³/mol. The van der Waals surface area contributed by atoms with Gasteiger partial charge in [0.2, 0.25) is 0 Å². The number of azide groups is 1. The average molecular weight is 462 g/mol. The molecule has 0 amide bonds. The SMILES string of the molecule is BrCc1ccc(Br)cc1.[N-]=[N+]=NCc1ccc(Br)cc1. The van der Waals surface area contributed by atoms with Gasteiger partial charge in [0.15, 0.2) is 0 Å². The quantitative estimate of drug-likeness (QED) is 0.214. The Morgan fingerprint density at radius 2 is 1.30 bits per heavy atom. The third kappa shape index (κ3) is 7.10. The minimum Gasteiger partial charge on any atom is -0.0893 e. The molecule has 0 unspecified atom stereocenters. The first-order valence-electron chi connectivity index (χ1n) is 5.71. The molecular formula is C14H12Br3N3. The van der Waals surface area contributed by atoms with Crippen LogP contribution >= 0.6 is 47.8 Å². The fraction of sp³-hybridized carbons (Fsp3) is 0.143. The summed E-state index contributed by atoms with van der Waals surface area (Å²) in [5.41, 5.74) is 10.4. The summed E-state index contributed by atoms with van der Waals surface area (Å²) in [6.07, 6.45) is 0. The molecule has 0 aromatic heterocycles. The number of hydrogen-bond donors (Lipinski definition) is 0. The van der Waals surface area contributed by atoms with Crippen LogP contribution in [0.4, 0.5) is 0 Å². The number of alkyl halides is 1. The van der Waals surface area contributed by atoms with Gasteiger partial charge in [-0.15, -0.1) is 0 Å². The van der Waals surface area contributed by atoms with Crippen molar-refractivity contribution < 1.29 is 0 Å². The van der Waals surface area contributed by atoms with Gasteiger partial charge in [-0.3, -0.25) is 0 Å². The van der Waals surface area contributed by atoms with E-state index < -0.39 is 0 Å². The van der Waals surface area contributed by atoms with Crippen molar-refractivity contribution in [2.45, 2.75) is 11.9 Å². The highest BCUT2D eigenvalue weighted by atomic mass is 79.9. The van der Waals surface area contributed by atoms with Crippen LogP contribution in [-0.2, 0) is 11.9 Å². The number of hydrogen-bond acceptors (Lipinski definition) is 1. The van der Waals surface area contributed by atoms with E-state index in [2.05, 4.69) is 69.9 Å². The van der Waals surface area contributed by atoms with Crippen molar-refractivity contribution in [3.8, 4) is 0 Å². The van der Waals surface area contributed by atoms with Gasteiger partial charge in [0.1, 0.15) is 0 Å². The van der Waals surface area contributed by atoms with Gasteiger partial charge in [-0.05, 0) is 40.9 Å². The van der Waals surface area contributed by atoms with Crippen LogP contribution in [0.1, 0.15) is 11.1 Å². The van der Waals surface area contributed by atoms with Crippen LogP contribution in [0.15, 0.2) is 62.6 Å². The summed E-state index contributed by atoms with van der Waals surface area (Å²) in [6, 6.07) is 15.9. The first-order chi connectivity index (χ1) is 9.65. The lowest BCUT2D eigenvalue weighted by atomic mass is 10.2. The van der Waals surface area contributed by atoms with Crippen LogP contribution in [0, 0.1) is 0 Å². The molecule has 0 heterocycles. The smallest absolute Gasteiger partial charge is 0.0510 e. The zero-order valence-corrected chi connectivity index (χ0v) is 15.3. The monoisotopic (exact) mass is 459 g/mol. The maximum Gasteiger partial charge on any atom is 0.0510 e. The molecule has 0 radical (unpaired) electrons. The maximum atomic E-state index is 8.03. The van der Waals surface area contributed by atoms with Gasteiger partial charge in [-0.25, -0.2) is 0 Å². The molecule has 0 atom stereocenters. The molecule has 104 valence electrons. The number of rotatable bonds is 3. The fourth-order valence-electron chi connectivity index (χ4n) is 1.28. The molecule has 0 N–H and O–H groups in total. The van der Waals surface area contributed by atoms with Crippen molar-refractivity contribution in [3.63, 3.8) is 0 Å². The van der Waals surface area contributed by atoms with Crippen molar-refractivity contribution in [1.82, 2.24) is 0 Å². The highest BCUT2D eigenvalue weighted by Gasteiger charge is 1.89. The van der Waals surface area contributed by atoms with E-state index in [9.17, 15) is 0 Å². The Kier molecular flexibility index (Phi) is 8.62. The van der Waals surface area contributed by atoms with Crippen molar-refractivity contribution in [2.75, 3.05) is 0 Å². The second-order valence-corrected chi connectivity index (χ2v) is 6.17. The summed E-state index contributed by atoms with van der Waals surface area (Å²) in [4.78, 5) is 2.67. The van der Waals surface area contributed by atoms with E-state index in [4.69, 9.17) is 5.53 Å². The van der Waals surface area contributed by atoms with E-state index in [1.165, 1.54) is 5.56 Å². The third-order valence-electron chi connectivity index (χ3n) is 2.30. The fourth-order valence-corrected chi connectivity index (χ4v) is 2.18. The summed E-state index contributed by atoms with van der Waals surface area (Å²) in [5, 5.41) is 4.37. The Balaban J connectivity index is 0.000000204. The Hall–Kier alpha value is -0.810. The van der Waals surface area contributed by atoms with E-state index in [1.54, 1.807) is 0 Å². The van der Waals surface area contributed by atoms with Gasteiger partial charge in [-0.2, -0.15) is 0 Å². The lowest BCUT2D eigenvalue weighted by Gasteiger charge is -1.93. The molecule has 20 heavy (non-hydrogen) atoms. The average Bonchev–Trinajstić information content (AvgIpc) is 2.48. The molecule has 0 saturated carbocycles. The van der Waals surface area contributed by atoms with Crippen LogP contribution in [-0.4, -0.2) is 0 Å². The molecule has 0 aliphatic carbocycles. The summed E-state index contributed by atoms with van der Waals surface area (Å²) < 4.78 is 2.16. The van der Waals surface area contributed by atoms with E-state index in [1.807, 2.05) is 36.4 Å². The van der Waals surface area contributed by atoms with Gasteiger partial charge in [-0.1, -0.05) is 77.2 Å². The van der Waals surface area contributed by atoms with Crippen molar-refractivity contribution in [3.05, 3.63) is 79.0 Å². The minimum absolute atomic E-state index is 0.420. The number of halogens is 3. The lowest BCUT2D eigenvalue weighted by molar-refractivity contribution is 1.05. The minimum atomic E-state index is 0.420. The molecule has 0 aliphatic heterocycles. The van der Waals surface area contributed by atoms with Crippen LogP contribution in [0.25, 0.3) is 10.4 Å². The Labute approximate surface area is 143 Å². The second kappa shape index (κ2) is 10.00. The molecule has 2 aromatic rings. The number of benzene rings is 2. The maximum absolute atomic E-state index is 8.03. The van der Waals surface area contributed by atoms with E-state index in [0.29, 0.717) is 6.54 Å². The Morgan fingerprint density at radius 1 is 0.850 bits per heavy atom. The van der Waals surface area contributed by atoms with Gasteiger partial charge in [0.25, 0.3) is 0 Å². The molecule has 0 aliphatic rings. The molecule has 0 saturated heterocycles. The highest BCUT2D eigenvalue weighted by molar-refractivity contribution is 9.10. The van der Waals surface area contributed by atoms with Crippen molar-refractivity contribution in [1.29, 1.82) is 0 Å². The molecule has 0 fully saturated rings. The molecule has 6 heteroatoms. The molecule has 0 bridgehead atoms. The molecule has 2 aromatic carbocycles. The Bertz CT molecular complexity index is 561. The van der Waals surface area contributed by atoms with Crippen molar-refractivity contribution >= 4 is 47.8 Å². The third-order valence-corrected chi connectivity index (χ3v) is 4.00. The van der Waals surface area contributed by atoms with Gasteiger partial charge >= 0.3 is 0 Å². The van der Waals surface area contributed by atoms with Crippen LogP contribution in [0.3, 0.4) is 0 Å². The largest absolute Gasteiger partial charge is 0.0893 e. The van der Waals surface area contributed by atoms with Gasteiger partial charge in [0.05, 0.1) is 6.54 Å². The van der Waals surface area contributed by atoms with Crippen LogP contribution in [0.5, 0.6) is 0 Å². The summed E-state index contributed by atoms with van der Waals surface area (Å²) in [5.74, 6) is 0. The molecular weight excluding hydrogens is 450 g/mol. The predicted octanol–water partition coefficient (Wildman–Crippen LogP) is 6.60. The number of nitrogens with zero attached hydrogens (tertiary/aromatic N) is 3. The van der Waals surface area contributed by atoms with Crippen molar-refractivity contribution in [2.24, 2.45) is 5.11 Å². The summed E-state index contributed by atoms with van der Waals surface area (Å²) in [7, 11) is 0.